The Bertz CT molecular complexity index is 610. The number of rotatable bonds is 11. The third-order valence-corrected chi connectivity index (χ3v) is 3.11. The van der Waals surface area contributed by atoms with Gasteiger partial charge < -0.3 is 31.1 Å². The van der Waals surface area contributed by atoms with E-state index in [4.69, 9.17) is 17.6 Å². The fourth-order valence-corrected chi connectivity index (χ4v) is 1.98. The van der Waals surface area contributed by atoms with Gasteiger partial charge in [-0.2, -0.15) is 0 Å². The molecule has 1 rings (SSSR count). The fraction of sp³-hybridized carbons (Fsp3) is 0.375. The Morgan fingerprint density at radius 2 is 2.04 bits per heavy atom. The summed E-state index contributed by atoms with van der Waals surface area (Å²) in [6.45, 7) is -0.0556. The van der Waals surface area contributed by atoms with Crippen LogP contribution in [0, 0.1) is 0 Å². The number of benzene rings is 1. The van der Waals surface area contributed by atoms with Crippen LogP contribution in [0.3, 0.4) is 0 Å². The molecule has 0 spiro atoms. The molecule has 0 saturated carbocycles. The third-order valence-electron chi connectivity index (χ3n) is 3.11. The predicted octanol–water partition coefficient (Wildman–Crippen LogP) is -0.179. The molecule has 0 aliphatic rings. The van der Waals surface area contributed by atoms with Gasteiger partial charge in [0.15, 0.2) is 13.6 Å². The van der Waals surface area contributed by atoms with Crippen LogP contribution in [-0.4, -0.2) is 43.8 Å². The Morgan fingerprint density at radius 3 is 2.64 bits per heavy atom. The summed E-state index contributed by atoms with van der Waals surface area (Å²) in [5.74, 6) is -0.0255. The topological polar surface area (TPSA) is 149 Å². The van der Waals surface area contributed by atoms with Gasteiger partial charge in [-0.05, 0) is 12.8 Å². The van der Waals surface area contributed by atoms with E-state index < -0.39 is 24.9 Å². The van der Waals surface area contributed by atoms with Crippen molar-refractivity contribution in [3.63, 3.8) is 0 Å². The van der Waals surface area contributed by atoms with Gasteiger partial charge in [0.1, 0.15) is 12.6 Å². The number of amides is 1. The summed E-state index contributed by atoms with van der Waals surface area (Å²) < 4.78 is 12.7. The van der Waals surface area contributed by atoms with Crippen LogP contribution >= 0.6 is 0 Å². The first-order valence-corrected chi connectivity index (χ1v) is 7.70. The molecular weight excluding hydrogens is 326 g/mol. The molecule has 1 aromatic carbocycles. The van der Waals surface area contributed by atoms with E-state index in [1.165, 1.54) is 0 Å². The van der Waals surface area contributed by atoms with Gasteiger partial charge in [0.2, 0.25) is 0 Å². The number of alkyl carbamates (subject to hydrolysis) is 1. The van der Waals surface area contributed by atoms with Gasteiger partial charge in [0.25, 0.3) is 0 Å². The Morgan fingerprint density at radius 1 is 1.32 bits per heavy atom. The van der Waals surface area contributed by atoms with Crippen molar-refractivity contribution in [1.82, 2.24) is 10.6 Å². The Hall–Kier alpha value is -2.94. The first-order chi connectivity index (χ1) is 12.5. The van der Waals surface area contributed by atoms with E-state index in [0.29, 0.717) is 42.8 Å². The molecule has 2 atom stereocenters. The monoisotopic (exact) mass is 350 g/mol. The van der Waals surface area contributed by atoms with Crippen LogP contribution in [0.25, 0.3) is 0 Å². The predicted molar refractivity (Wildman–Crippen MR) is 92.6 cm³/mol. The van der Waals surface area contributed by atoms with Crippen molar-refractivity contribution in [2.45, 2.75) is 25.1 Å². The van der Waals surface area contributed by atoms with Crippen molar-refractivity contribution in [2.75, 3.05) is 13.1 Å². The lowest BCUT2D eigenvalue weighted by Crippen LogP contribution is -2.39. The van der Waals surface area contributed by atoms with Crippen molar-refractivity contribution >= 4 is 24.6 Å². The second kappa shape index (κ2) is 11.6. The van der Waals surface area contributed by atoms with Crippen molar-refractivity contribution in [1.29, 1.82) is 0 Å². The molecule has 1 aromatic rings. The molecule has 0 aromatic heterocycles. The zero-order valence-electron chi connectivity index (χ0n) is 14.7. The van der Waals surface area contributed by atoms with Crippen molar-refractivity contribution in [3.8, 4) is 0 Å². The van der Waals surface area contributed by atoms with Crippen molar-refractivity contribution in [3.05, 3.63) is 35.9 Å². The Labute approximate surface area is 147 Å². The molecule has 0 radical (unpaired) electrons. The van der Waals surface area contributed by atoms with E-state index in [1.54, 1.807) is 30.3 Å². The second-order valence-electron chi connectivity index (χ2n) is 5.04. The number of hydrogen-bond donors (Lipinski definition) is 4. The van der Waals surface area contributed by atoms with E-state index >= 15 is 0 Å². The highest BCUT2D eigenvalue weighted by atomic mass is 16.6. The minimum absolute atomic E-state index is 0.0255. The van der Waals surface area contributed by atoms with Crippen LogP contribution < -0.4 is 22.1 Å². The first-order valence-electron chi connectivity index (χ1n) is 8.15. The number of carbonyl (C=O) groups is 3. The summed E-state index contributed by atoms with van der Waals surface area (Å²) in [5, 5.41) is 3.30. The van der Waals surface area contributed by atoms with E-state index in [-0.39, 0.29) is 5.96 Å². The second-order valence-corrected chi connectivity index (χ2v) is 5.04. The molecule has 9 heteroatoms. The molecule has 9 nitrogen and oxygen atoms in total. The maximum atomic E-state index is 11.9. The average Bonchev–Trinajstić information content (AvgIpc) is 2.63. The molecule has 0 saturated heterocycles. The average molecular weight is 350 g/mol. The number of nitrogens with two attached hydrogens (primary N) is 2. The number of hydrogen-bond acceptors (Lipinski definition) is 6. The number of guanidine groups is 1. The molecule has 0 aliphatic heterocycles. The Kier molecular flexibility index (Phi) is 8.52. The summed E-state index contributed by atoms with van der Waals surface area (Å²) in [5.41, 5.74) is 11.1. The first kappa shape index (κ1) is 18.4. The number of nitrogens with zero attached hydrogens (tertiary/aromatic N) is 1. The number of carbonyl (C=O) groups excluding carboxylic acids is 3. The van der Waals surface area contributed by atoms with Crippen molar-refractivity contribution < 1.29 is 20.5 Å². The lowest BCUT2D eigenvalue weighted by Gasteiger charge is -2.23. The molecule has 0 fully saturated rings. The maximum Gasteiger partial charge on any atom is 0.409 e. The molecule has 0 bridgehead atoms. The van der Waals surface area contributed by atoms with Gasteiger partial charge in [-0.25, -0.2) is 4.79 Å². The normalized spacial score (nSPS) is 13.0. The molecular formula is C16H23N5O4. The summed E-state index contributed by atoms with van der Waals surface area (Å²) in [4.78, 5) is 37.5. The van der Waals surface area contributed by atoms with Crippen LogP contribution in [0.1, 0.15) is 24.6 Å². The van der Waals surface area contributed by atoms with Crippen LogP contribution in [-0.2, 0) is 14.3 Å². The largest absolute Gasteiger partial charge is 0.426 e. The maximum absolute atomic E-state index is 11.9. The van der Waals surface area contributed by atoms with Crippen LogP contribution in [0.2, 0.25) is 1.41 Å². The number of nitrogens with one attached hydrogen (secondary N) is 2. The molecule has 136 valence electrons. The van der Waals surface area contributed by atoms with Crippen LogP contribution in [0.5, 0.6) is 0 Å². The molecule has 1 amide bonds. The highest BCUT2D eigenvalue weighted by molar-refractivity contribution is 5.75. The lowest BCUT2D eigenvalue weighted by atomic mass is 10.1. The zero-order chi connectivity index (χ0) is 19.4. The summed E-state index contributed by atoms with van der Waals surface area (Å²) in [6, 6.07) is 8.08. The quantitative estimate of drug-likeness (QED) is 0.142. The minimum atomic E-state index is -1.01. The van der Waals surface area contributed by atoms with Gasteiger partial charge in [-0.3, -0.25) is 10.3 Å². The Balaban J connectivity index is 2.77. The fourth-order valence-electron chi connectivity index (χ4n) is 1.98. The van der Waals surface area contributed by atoms with Crippen LogP contribution in [0.15, 0.2) is 35.3 Å². The van der Waals surface area contributed by atoms with Crippen LogP contribution in [0.4, 0.5) is 4.79 Å². The summed E-state index contributed by atoms with van der Waals surface area (Å²) in [7, 11) is 0. The highest BCUT2D eigenvalue weighted by Gasteiger charge is 2.20. The van der Waals surface area contributed by atoms with Gasteiger partial charge in [0.05, 0.1) is 12.6 Å². The third kappa shape index (κ3) is 8.47. The lowest BCUT2D eigenvalue weighted by molar-refractivity contribution is -0.110. The number of aliphatic imine (C=N–C) groups is 1. The standard InChI is InChI=1S/C16H23N5O4/c17-15(18)19-8-4-7-13(11-23)21-14(12-5-2-1-3-6-12)25-16(24)20-9-10-22/h1-3,5-6,10-11,13-14,21H,4,7-9H2,(H,20,24)(H4,17,18,19)/t13-,14?/m0/s1/i/hD. The highest BCUT2D eigenvalue weighted by Crippen LogP contribution is 2.16. The molecule has 1 unspecified atom stereocenters. The van der Waals surface area contributed by atoms with Crippen molar-refractivity contribution in [2.24, 2.45) is 16.5 Å². The molecule has 25 heavy (non-hydrogen) atoms. The smallest absolute Gasteiger partial charge is 0.409 e. The molecule has 0 heterocycles. The molecule has 6 N–H and O–H groups in total. The summed E-state index contributed by atoms with van der Waals surface area (Å²) >= 11 is 0. The molecule has 0 aliphatic carbocycles. The van der Waals surface area contributed by atoms with E-state index in [9.17, 15) is 14.4 Å². The van der Waals surface area contributed by atoms with E-state index in [2.05, 4.69) is 10.3 Å². The van der Waals surface area contributed by atoms with Gasteiger partial charge >= 0.3 is 6.09 Å². The van der Waals surface area contributed by atoms with Gasteiger partial charge in [0, 0.05) is 12.1 Å². The van der Waals surface area contributed by atoms with Gasteiger partial charge in [-0.15, -0.1) is 0 Å². The van der Waals surface area contributed by atoms with Gasteiger partial charge in [-0.1, -0.05) is 30.3 Å². The SMILES string of the molecule is [2H]N(CC=O)C(=O)OC(N[C@H](C=O)CCCN=C(N)N)c1ccccc1. The minimum Gasteiger partial charge on any atom is -0.426 e. The number of ether oxygens (including phenoxy) is 1. The zero-order valence-corrected chi connectivity index (χ0v) is 13.7. The van der Waals surface area contributed by atoms with E-state index in [0.717, 1.165) is 0 Å². The van der Waals surface area contributed by atoms with E-state index in [1.807, 2.05) is 0 Å². The summed E-state index contributed by atoms with van der Waals surface area (Å²) in [6.07, 6.45) is 0.102. The number of aldehydes is 2.